The Morgan fingerprint density at radius 1 is 1.10 bits per heavy atom. The van der Waals surface area contributed by atoms with Gasteiger partial charge in [0.15, 0.2) is 0 Å². The minimum atomic E-state index is -0.577. The Labute approximate surface area is 127 Å². The topological polar surface area (TPSA) is 20.2 Å². The van der Waals surface area contributed by atoms with Crippen LogP contribution in [0.5, 0.6) is 0 Å². The summed E-state index contributed by atoms with van der Waals surface area (Å²) >= 11 is 1.30. The molecule has 0 aliphatic carbocycles. The minimum absolute atomic E-state index is 0.0324. The standard InChI is InChI=1S/C17H14F2OS/c18-15-8-9-17(16(19)11-15)21-12-14-7-2-1-5-13(14)6-3-4-10-20/h1-2,5,7-9,11,20H,4,10,12H2. The molecule has 0 aliphatic rings. The number of aliphatic hydroxyl groups is 1. The van der Waals surface area contributed by atoms with E-state index >= 15 is 0 Å². The average molecular weight is 304 g/mol. The number of hydrogen-bond donors (Lipinski definition) is 1. The second-order valence-corrected chi connectivity index (χ2v) is 5.31. The monoisotopic (exact) mass is 304 g/mol. The average Bonchev–Trinajstić information content (AvgIpc) is 2.48. The van der Waals surface area contributed by atoms with Crippen molar-refractivity contribution in [1.82, 2.24) is 0 Å². The van der Waals surface area contributed by atoms with Crippen molar-refractivity contribution in [3.8, 4) is 11.8 Å². The number of aliphatic hydroxyl groups excluding tert-OH is 1. The summed E-state index contributed by atoms with van der Waals surface area (Å²) in [6, 6.07) is 11.2. The molecule has 2 aromatic carbocycles. The van der Waals surface area contributed by atoms with E-state index in [0.29, 0.717) is 17.1 Å². The van der Waals surface area contributed by atoms with Gasteiger partial charge in [0.2, 0.25) is 0 Å². The number of halogens is 2. The second kappa shape index (κ2) is 7.82. The highest BCUT2D eigenvalue weighted by Crippen LogP contribution is 2.27. The van der Waals surface area contributed by atoms with E-state index in [1.807, 2.05) is 24.3 Å². The number of thioether (sulfide) groups is 1. The fourth-order valence-corrected chi connectivity index (χ4v) is 2.65. The van der Waals surface area contributed by atoms with Crippen molar-refractivity contribution < 1.29 is 13.9 Å². The summed E-state index contributed by atoms with van der Waals surface area (Å²) < 4.78 is 26.4. The lowest BCUT2D eigenvalue weighted by Gasteiger charge is -2.06. The fourth-order valence-electron chi connectivity index (χ4n) is 1.73. The van der Waals surface area contributed by atoms with Crippen molar-refractivity contribution in [3.05, 3.63) is 65.2 Å². The van der Waals surface area contributed by atoms with E-state index in [1.54, 1.807) is 0 Å². The van der Waals surface area contributed by atoms with Gasteiger partial charge in [-0.1, -0.05) is 30.0 Å². The van der Waals surface area contributed by atoms with E-state index in [4.69, 9.17) is 5.11 Å². The highest BCUT2D eigenvalue weighted by Gasteiger charge is 2.06. The van der Waals surface area contributed by atoms with Crippen molar-refractivity contribution in [2.75, 3.05) is 6.61 Å². The third-order valence-corrected chi connectivity index (χ3v) is 3.85. The van der Waals surface area contributed by atoms with Crippen molar-refractivity contribution in [2.45, 2.75) is 17.1 Å². The van der Waals surface area contributed by atoms with Gasteiger partial charge in [-0.15, -0.1) is 11.8 Å². The molecule has 2 rings (SSSR count). The summed E-state index contributed by atoms with van der Waals surface area (Å²) in [5.74, 6) is 5.29. The van der Waals surface area contributed by atoms with Crippen LogP contribution in [0.25, 0.3) is 0 Å². The maximum Gasteiger partial charge on any atom is 0.139 e. The molecule has 21 heavy (non-hydrogen) atoms. The van der Waals surface area contributed by atoms with Gasteiger partial charge >= 0.3 is 0 Å². The van der Waals surface area contributed by atoms with Crippen LogP contribution in [0.15, 0.2) is 47.4 Å². The molecule has 1 N–H and O–H groups in total. The van der Waals surface area contributed by atoms with Gasteiger partial charge in [0, 0.05) is 28.7 Å². The molecular formula is C17H14F2OS. The molecule has 0 amide bonds. The van der Waals surface area contributed by atoms with Crippen molar-refractivity contribution in [3.63, 3.8) is 0 Å². The van der Waals surface area contributed by atoms with Gasteiger partial charge in [0.1, 0.15) is 11.6 Å². The molecule has 0 radical (unpaired) electrons. The highest BCUT2D eigenvalue weighted by atomic mass is 32.2. The van der Waals surface area contributed by atoms with Gasteiger partial charge in [-0.05, 0) is 23.8 Å². The first-order chi connectivity index (χ1) is 10.2. The molecule has 0 atom stereocenters. The summed E-state index contributed by atoms with van der Waals surface area (Å²) in [4.78, 5) is 0.412. The SMILES string of the molecule is OCCC#Cc1ccccc1CSc1ccc(F)cc1F. The van der Waals surface area contributed by atoms with Crippen molar-refractivity contribution in [1.29, 1.82) is 0 Å². The normalized spacial score (nSPS) is 10.0. The molecule has 4 heteroatoms. The Morgan fingerprint density at radius 3 is 2.67 bits per heavy atom. The van der Waals surface area contributed by atoms with Crippen LogP contribution in [0.4, 0.5) is 8.78 Å². The maximum atomic E-state index is 13.6. The molecule has 0 spiro atoms. The highest BCUT2D eigenvalue weighted by molar-refractivity contribution is 7.98. The third kappa shape index (κ3) is 4.59. The van der Waals surface area contributed by atoms with Gasteiger partial charge in [0.05, 0.1) is 6.61 Å². The maximum absolute atomic E-state index is 13.6. The predicted octanol–water partition coefficient (Wildman–Crippen LogP) is 3.99. The van der Waals surface area contributed by atoms with E-state index in [2.05, 4.69) is 11.8 Å². The molecule has 0 unspecified atom stereocenters. The van der Waals surface area contributed by atoms with Crippen molar-refractivity contribution in [2.24, 2.45) is 0 Å². The molecule has 0 fully saturated rings. The molecular weight excluding hydrogens is 290 g/mol. The Hall–Kier alpha value is -1.83. The summed E-state index contributed by atoms with van der Waals surface area (Å²) in [6.07, 6.45) is 0.425. The van der Waals surface area contributed by atoms with Crippen LogP contribution in [0.2, 0.25) is 0 Å². The molecule has 0 heterocycles. The quantitative estimate of drug-likeness (QED) is 0.681. The first kappa shape index (κ1) is 15.6. The first-order valence-electron chi connectivity index (χ1n) is 6.46. The summed E-state index contributed by atoms with van der Waals surface area (Å²) in [6.45, 7) is 0.0324. The molecule has 0 aromatic heterocycles. The van der Waals surface area contributed by atoms with E-state index in [0.717, 1.165) is 17.2 Å². The molecule has 0 saturated carbocycles. The van der Waals surface area contributed by atoms with E-state index < -0.39 is 11.6 Å². The van der Waals surface area contributed by atoms with Crippen LogP contribution in [0.3, 0.4) is 0 Å². The Bertz CT molecular complexity index is 674. The minimum Gasteiger partial charge on any atom is -0.395 e. The Morgan fingerprint density at radius 2 is 1.90 bits per heavy atom. The van der Waals surface area contributed by atoms with Gasteiger partial charge in [-0.3, -0.25) is 0 Å². The van der Waals surface area contributed by atoms with Crippen LogP contribution in [-0.4, -0.2) is 11.7 Å². The summed E-state index contributed by atoms with van der Waals surface area (Å²) in [7, 11) is 0. The van der Waals surface area contributed by atoms with Crippen LogP contribution >= 0.6 is 11.8 Å². The zero-order chi connectivity index (χ0) is 15.1. The number of rotatable bonds is 4. The van der Waals surface area contributed by atoms with Gasteiger partial charge in [-0.2, -0.15) is 0 Å². The van der Waals surface area contributed by atoms with Gasteiger partial charge < -0.3 is 5.11 Å². The smallest absolute Gasteiger partial charge is 0.139 e. The molecule has 0 bridgehead atoms. The third-order valence-electron chi connectivity index (χ3n) is 2.75. The summed E-state index contributed by atoms with van der Waals surface area (Å²) in [5, 5.41) is 8.74. The first-order valence-corrected chi connectivity index (χ1v) is 7.45. The fraction of sp³-hybridized carbons (Fsp3) is 0.176. The molecule has 2 aromatic rings. The van der Waals surface area contributed by atoms with E-state index in [-0.39, 0.29) is 6.61 Å². The van der Waals surface area contributed by atoms with Crippen LogP contribution in [-0.2, 0) is 5.75 Å². The van der Waals surface area contributed by atoms with Gasteiger partial charge in [-0.25, -0.2) is 8.78 Å². The molecule has 0 aliphatic heterocycles. The van der Waals surface area contributed by atoms with Gasteiger partial charge in [0.25, 0.3) is 0 Å². The zero-order valence-electron chi connectivity index (χ0n) is 11.3. The Balaban J connectivity index is 2.11. The second-order valence-electron chi connectivity index (χ2n) is 4.30. The number of hydrogen-bond acceptors (Lipinski definition) is 2. The van der Waals surface area contributed by atoms with Crippen LogP contribution < -0.4 is 0 Å². The number of benzene rings is 2. The van der Waals surface area contributed by atoms with E-state index in [1.165, 1.54) is 23.9 Å². The van der Waals surface area contributed by atoms with Crippen molar-refractivity contribution >= 4 is 11.8 Å². The lowest BCUT2D eigenvalue weighted by atomic mass is 10.1. The van der Waals surface area contributed by atoms with Crippen LogP contribution in [0.1, 0.15) is 17.5 Å². The Kier molecular flexibility index (Phi) is 5.79. The van der Waals surface area contributed by atoms with Crippen LogP contribution in [0, 0.1) is 23.5 Å². The largest absolute Gasteiger partial charge is 0.395 e. The van der Waals surface area contributed by atoms with E-state index in [9.17, 15) is 8.78 Å². The summed E-state index contributed by atoms with van der Waals surface area (Å²) in [5.41, 5.74) is 1.85. The molecule has 1 nitrogen and oxygen atoms in total. The molecule has 0 saturated heterocycles. The molecule has 108 valence electrons. The lowest BCUT2D eigenvalue weighted by molar-refractivity contribution is 0.305. The lowest BCUT2D eigenvalue weighted by Crippen LogP contribution is -1.89. The zero-order valence-corrected chi connectivity index (χ0v) is 12.1. The predicted molar refractivity (Wildman–Crippen MR) is 80.9 cm³/mol.